The highest BCUT2D eigenvalue weighted by Crippen LogP contribution is 2.36. The monoisotopic (exact) mass is 686 g/mol. The Bertz CT molecular complexity index is 1610. The molecule has 0 fully saturated rings. The van der Waals surface area contributed by atoms with E-state index in [-0.39, 0.29) is 29.2 Å². The summed E-state index contributed by atoms with van der Waals surface area (Å²) in [5, 5.41) is 13.5. The molecule has 0 unspecified atom stereocenters. The van der Waals surface area contributed by atoms with Crippen molar-refractivity contribution in [3.8, 4) is 11.8 Å². The maximum Gasteiger partial charge on any atom is 0.425 e. The van der Waals surface area contributed by atoms with E-state index in [1.807, 2.05) is 6.07 Å². The highest BCUT2D eigenvalue weighted by molar-refractivity contribution is 9.10. The number of rotatable bonds is 7. The number of pyridine rings is 1. The molecule has 0 aliphatic carbocycles. The van der Waals surface area contributed by atoms with Gasteiger partial charge in [-0.3, -0.25) is 9.48 Å². The molecular weight excluding hydrogens is 651 g/mol. The number of hydrogen-bond acceptors (Lipinski definition) is 9. The van der Waals surface area contributed by atoms with Crippen LogP contribution >= 0.6 is 15.9 Å². The lowest BCUT2D eigenvalue weighted by atomic mass is 10.0. The fourth-order valence-electron chi connectivity index (χ4n) is 4.15. The molecule has 2 heterocycles. The van der Waals surface area contributed by atoms with Crippen molar-refractivity contribution < 1.29 is 33.0 Å². The van der Waals surface area contributed by atoms with Gasteiger partial charge in [0.05, 0.1) is 12.2 Å². The van der Waals surface area contributed by atoms with Crippen LogP contribution in [-0.4, -0.2) is 56.0 Å². The topological polar surface area (TPSA) is 140 Å². The molecule has 0 aliphatic rings. The highest BCUT2D eigenvalue weighted by Gasteiger charge is 2.36. The first kappa shape index (κ1) is 35.0. The molecule has 3 rings (SSSR count). The second-order valence-corrected chi connectivity index (χ2v) is 13.1. The summed E-state index contributed by atoms with van der Waals surface area (Å²) in [6.45, 7) is 11.4. The van der Waals surface area contributed by atoms with Crippen molar-refractivity contribution in [2.75, 3.05) is 11.9 Å². The number of halogens is 2. The number of nitrogens with zero attached hydrogens (tertiary/aromatic N) is 6. The smallest absolute Gasteiger partial charge is 0.425 e. The van der Waals surface area contributed by atoms with Crippen molar-refractivity contribution in [3.05, 3.63) is 69.3 Å². The molecule has 0 aliphatic heterocycles. The molecule has 1 atom stereocenters. The summed E-state index contributed by atoms with van der Waals surface area (Å²) in [4.78, 5) is 46.4. The molecule has 0 spiro atoms. The standard InChI is InChI=1S/C31H36BrFN6O6/c1-18(25-22(11-10-12-23(25)33)27(40)37(8)17-20-14-21(15-34)38(9)36-20)43-24-13-19(32)16-35-26(24)39(28(41)44-30(2,3)4)29(42)45-31(5,6)7/h10-14,16,18H,17H2,1-9H3/t18-/m0/s1. The predicted molar refractivity (Wildman–Crippen MR) is 166 cm³/mol. The summed E-state index contributed by atoms with van der Waals surface area (Å²) in [5.74, 6) is -1.60. The lowest BCUT2D eigenvalue weighted by Gasteiger charge is -2.29. The van der Waals surface area contributed by atoms with Gasteiger partial charge in [-0.15, -0.1) is 0 Å². The van der Waals surface area contributed by atoms with Crippen molar-refractivity contribution in [1.29, 1.82) is 5.26 Å². The zero-order valence-electron chi connectivity index (χ0n) is 26.6. The summed E-state index contributed by atoms with van der Waals surface area (Å²) in [7, 11) is 3.14. The Labute approximate surface area is 269 Å². The summed E-state index contributed by atoms with van der Waals surface area (Å²) < 4.78 is 34.4. The van der Waals surface area contributed by atoms with Crippen molar-refractivity contribution in [2.24, 2.45) is 7.05 Å². The number of hydrogen-bond donors (Lipinski definition) is 0. The fourth-order valence-corrected chi connectivity index (χ4v) is 4.46. The van der Waals surface area contributed by atoms with Crippen LogP contribution in [0.3, 0.4) is 0 Å². The number of ether oxygens (including phenoxy) is 3. The van der Waals surface area contributed by atoms with Crippen LogP contribution in [0.15, 0.2) is 41.0 Å². The molecule has 240 valence electrons. The minimum absolute atomic E-state index is 0.0158. The van der Waals surface area contributed by atoms with Crippen LogP contribution in [0.5, 0.6) is 5.75 Å². The predicted octanol–water partition coefficient (Wildman–Crippen LogP) is 6.68. The van der Waals surface area contributed by atoms with E-state index in [1.165, 1.54) is 54.0 Å². The van der Waals surface area contributed by atoms with E-state index in [0.717, 1.165) is 0 Å². The normalized spacial score (nSPS) is 12.1. The minimum atomic E-state index is -1.12. The zero-order valence-corrected chi connectivity index (χ0v) is 28.2. The molecule has 0 saturated carbocycles. The maximum atomic E-state index is 15.4. The van der Waals surface area contributed by atoms with Gasteiger partial charge in [-0.1, -0.05) is 6.07 Å². The number of aromatic nitrogens is 3. The first-order valence-electron chi connectivity index (χ1n) is 13.9. The number of anilines is 1. The van der Waals surface area contributed by atoms with Gasteiger partial charge in [0, 0.05) is 35.9 Å². The molecule has 0 radical (unpaired) electrons. The molecular formula is C31H36BrFN6O6. The average Bonchev–Trinajstić information content (AvgIpc) is 3.25. The Balaban J connectivity index is 2.02. The van der Waals surface area contributed by atoms with Crippen LogP contribution in [-0.2, 0) is 23.1 Å². The van der Waals surface area contributed by atoms with Crippen LogP contribution in [0.25, 0.3) is 0 Å². The first-order chi connectivity index (χ1) is 20.8. The Kier molecular flexibility index (Phi) is 10.6. The fraction of sp³-hybridized carbons (Fsp3) is 0.419. The van der Waals surface area contributed by atoms with Crippen LogP contribution < -0.4 is 9.64 Å². The number of benzene rings is 1. The van der Waals surface area contributed by atoms with Gasteiger partial charge in [0.2, 0.25) is 0 Å². The van der Waals surface area contributed by atoms with Gasteiger partial charge in [0.25, 0.3) is 5.91 Å². The molecule has 12 nitrogen and oxygen atoms in total. The number of imide groups is 1. The molecule has 1 aromatic carbocycles. The third-order valence-electron chi connectivity index (χ3n) is 5.95. The second kappa shape index (κ2) is 13.6. The Morgan fingerprint density at radius 2 is 1.69 bits per heavy atom. The Hall–Kier alpha value is -4.51. The number of aryl methyl sites for hydroxylation is 1. The molecule has 3 amide bonds. The van der Waals surface area contributed by atoms with Gasteiger partial charge < -0.3 is 19.1 Å². The Morgan fingerprint density at radius 1 is 1.09 bits per heavy atom. The van der Waals surface area contributed by atoms with Gasteiger partial charge in [-0.25, -0.2) is 19.0 Å². The van der Waals surface area contributed by atoms with E-state index in [1.54, 1.807) is 54.7 Å². The van der Waals surface area contributed by atoms with E-state index in [4.69, 9.17) is 14.2 Å². The van der Waals surface area contributed by atoms with Crippen LogP contribution in [0.1, 0.15) is 81.9 Å². The molecule has 0 bridgehead atoms. The summed E-state index contributed by atoms with van der Waals surface area (Å²) in [6.07, 6.45) is -1.91. The van der Waals surface area contributed by atoms with Gasteiger partial charge >= 0.3 is 12.2 Å². The Morgan fingerprint density at radius 3 is 2.22 bits per heavy atom. The van der Waals surface area contributed by atoms with Crippen molar-refractivity contribution in [1.82, 2.24) is 19.7 Å². The third kappa shape index (κ3) is 9.01. The number of amides is 3. The molecule has 14 heteroatoms. The molecule has 45 heavy (non-hydrogen) atoms. The summed E-state index contributed by atoms with van der Waals surface area (Å²) >= 11 is 3.32. The quantitative estimate of drug-likeness (QED) is 0.266. The third-order valence-corrected chi connectivity index (χ3v) is 6.38. The highest BCUT2D eigenvalue weighted by atomic mass is 79.9. The first-order valence-corrected chi connectivity index (χ1v) is 14.7. The number of carbonyl (C=O) groups excluding carboxylic acids is 3. The van der Waals surface area contributed by atoms with E-state index in [9.17, 15) is 19.6 Å². The van der Waals surface area contributed by atoms with E-state index < -0.39 is 41.2 Å². The lowest BCUT2D eigenvalue weighted by Crippen LogP contribution is -2.44. The van der Waals surface area contributed by atoms with Crippen molar-refractivity contribution in [2.45, 2.75) is 72.3 Å². The molecule has 0 N–H and O–H groups in total. The van der Waals surface area contributed by atoms with Crippen LogP contribution in [0, 0.1) is 17.1 Å². The van der Waals surface area contributed by atoms with Crippen LogP contribution in [0.4, 0.5) is 19.8 Å². The van der Waals surface area contributed by atoms with E-state index in [2.05, 4.69) is 26.0 Å². The molecule has 2 aromatic heterocycles. The lowest BCUT2D eigenvalue weighted by molar-refractivity contribution is 0.0426. The summed E-state index contributed by atoms with van der Waals surface area (Å²) in [5.41, 5.74) is -1.20. The van der Waals surface area contributed by atoms with E-state index in [0.29, 0.717) is 20.8 Å². The average molecular weight is 688 g/mol. The van der Waals surface area contributed by atoms with Gasteiger partial charge in [0.15, 0.2) is 11.6 Å². The zero-order chi connectivity index (χ0) is 33.9. The van der Waals surface area contributed by atoms with Crippen molar-refractivity contribution in [3.63, 3.8) is 0 Å². The van der Waals surface area contributed by atoms with E-state index >= 15 is 4.39 Å². The van der Waals surface area contributed by atoms with Gasteiger partial charge in [0.1, 0.15) is 34.9 Å². The number of carbonyl (C=O) groups is 3. The SMILES string of the molecule is C[C@H](Oc1cc(Br)cnc1N(C(=O)OC(C)(C)C)C(=O)OC(C)(C)C)c1c(F)cccc1C(=O)N(C)Cc1cc(C#N)n(C)n1. The molecule has 3 aromatic rings. The minimum Gasteiger partial charge on any atom is -0.482 e. The van der Waals surface area contributed by atoms with Gasteiger partial charge in [-0.05, 0) is 88.7 Å². The van der Waals surface area contributed by atoms with Crippen LogP contribution in [0.2, 0.25) is 0 Å². The maximum absolute atomic E-state index is 15.4. The summed E-state index contributed by atoms with van der Waals surface area (Å²) in [6, 6.07) is 9.08. The largest absolute Gasteiger partial charge is 0.482 e. The van der Waals surface area contributed by atoms with Crippen molar-refractivity contribution >= 4 is 39.8 Å². The second-order valence-electron chi connectivity index (χ2n) is 12.2. The molecule has 0 saturated heterocycles. The number of nitriles is 1. The van der Waals surface area contributed by atoms with Gasteiger partial charge in [-0.2, -0.15) is 15.3 Å².